The lowest BCUT2D eigenvalue weighted by atomic mass is 10.2. The number of sulfone groups is 1. The second kappa shape index (κ2) is 7.85. The van der Waals surface area contributed by atoms with E-state index in [1.807, 2.05) is 29.2 Å². The van der Waals surface area contributed by atoms with E-state index in [0.29, 0.717) is 5.17 Å². The van der Waals surface area contributed by atoms with Gasteiger partial charge < -0.3 is 10.0 Å². The third-order valence-corrected chi connectivity index (χ3v) is 8.30. The Bertz CT molecular complexity index is 871. The number of amidine groups is 1. The highest BCUT2D eigenvalue weighted by Gasteiger charge is 2.49. The third-order valence-electron chi connectivity index (χ3n) is 4.18. The van der Waals surface area contributed by atoms with Crippen molar-refractivity contribution in [2.24, 2.45) is 4.99 Å². The number of carboxylic acid groups (broad SMARTS) is 1. The Balaban J connectivity index is 1.87. The highest BCUT2D eigenvalue weighted by Crippen LogP contribution is 2.42. The van der Waals surface area contributed by atoms with Gasteiger partial charge in [0.15, 0.2) is 15.0 Å². The number of carbonyl (C=O) groups excluding carboxylic acids is 1. The molecule has 0 aromatic heterocycles. The molecule has 2 aliphatic heterocycles. The number of anilines is 1. The molecular weight excluding hydrogens is 491 g/mol. The predicted octanol–water partition coefficient (Wildman–Crippen LogP) is 2.15. The molecule has 2 saturated heterocycles. The molecule has 1 N–H and O–H groups in total. The SMILES string of the molecule is O=C(O)CCCC(=O)N=C1S[C@H]2CS(=O)(=O)C[C@@H]2N1c1ccccc1I. The fourth-order valence-electron chi connectivity index (χ4n) is 3.05. The van der Waals surface area contributed by atoms with Crippen molar-refractivity contribution >= 4 is 66.9 Å². The van der Waals surface area contributed by atoms with Gasteiger partial charge in [-0.05, 0) is 41.1 Å². The van der Waals surface area contributed by atoms with E-state index in [1.54, 1.807) is 0 Å². The summed E-state index contributed by atoms with van der Waals surface area (Å²) in [5, 5.41) is 9.02. The van der Waals surface area contributed by atoms with Crippen molar-refractivity contribution in [1.82, 2.24) is 0 Å². The van der Waals surface area contributed by atoms with Gasteiger partial charge in [-0.15, -0.1) is 0 Å². The van der Waals surface area contributed by atoms with Gasteiger partial charge >= 0.3 is 5.97 Å². The Labute approximate surface area is 169 Å². The van der Waals surface area contributed by atoms with Crippen molar-refractivity contribution in [3.8, 4) is 0 Å². The smallest absolute Gasteiger partial charge is 0.303 e. The molecule has 2 heterocycles. The van der Waals surface area contributed by atoms with Crippen molar-refractivity contribution in [3.63, 3.8) is 0 Å². The zero-order valence-corrected chi connectivity index (χ0v) is 17.5. The van der Waals surface area contributed by atoms with Gasteiger partial charge in [-0.2, -0.15) is 4.99 Å². The number of thioether (sulfide) groups is 1. The molecule has 2 fully saturated rings. The van der Waals surface area contributed by atoms with Crippen LogP contribution in [0.25, 0.3) is 0 Å². The summed E-state index contributed by atoms with van der Waals surface area (Å²) in [7, 11) is -3.11. The van der Waals surface area contributed by atoms with Gasteiger partial charge in [0.2, 0.25) is 5.91 Å². The highest BCUT2D eigenvalue weighted by atomic mass is 127. The zero-order valence-electron chi connectivity index (χ0n) is 13.7. The number of hydrogen-bond acceptors (Lipinski definition) is 5. The number of halogens is 1. The molecule has 1 aromatic rings. The van der Waals surface area contributed by atoms with Crippen LogP contribution in [0.4, 0.5) is 5.69 Å². The molecule has 0 unspecified atom stereocenters. The van der Waals surface area contributed by atoms with Crippen LogP contribution >= 0.6 is 34.4 Å². The van der Waals surface area contributed by atoms with Crippen LogP contribution in [0.5, 0.6) is 0 Å². The summed E-state index contributed by atoms with van der Waals surface area (Å²) in [6.45, 7) is 0. The molecule has 1 amide bonds. The van der Waals surface area contributed by atoms with Crippen LogP contribution < -0.4 is 4.90 Å². The maximum Gasteiger partial charge on any atom is 0.303 e. The van der Waals surface area contributed by atoms with Crippen LogP contribution in [0, 0.1) is 3.57 Å². The van der Waals surface area contributed by atoms with Crippen molar-refractivity contribution in [2.45, 2.75) is 30.6 Å². The number of nitrogens with zero attached hydrogens (tertiary/aromatic N) is 2. The van der Waals surface area contributed by atoms with Crippen LogP contribution in [0.15, 0.2) is 29.3 Å². The number of para-hydroxylation sites is 1. The molecule has 3 rings (SSSR count). The quantitative estimate of drug-likeness (QED) is 0.608. The van der Waals surface area contributed by atoms with Crippen LogP contribution in [0.3, 0.4) is 0 Å². The summed E-state index contributed by atoms with van der Waals surface area (Å²) >= 11 is 3.50. The maximum absolute atomic E-state index is 12.1. The largest absolute Gasteiger partial charge is 0.481 e. The molecule has 2 aliphatic rings. The molecular formula is C16H17IN2O5S2. The molecule has 1 aromatic carbocycles. The van der Waals surface area contributed by atoms with Crippen LogP contribution in [0.1, 0.15) is 19.3 Å². The number of amides is 1. The van der Waals surface area contributed by atoms with Gasteiger partial charge in [0, 0.05) is 21.7 Å². The van der Waals surface area contributed by atoms with E-state index >= 15 is 0 Å². The lowest BCUT2D eigenvalue weighted by Gasteiger charge is -2.25. The molecule has 2 atom stereocenters. The third kappa shape index (κ3) is 4.39. The number of benzene rings is 1. The normalized spacial score (nSPS) is 25.4. The van der Waals surface area contributed by atoms with Gasteiger partial charge in [-0.3, -0.25) is 9.59 Å². The summed E-state index contributed by atoms with van der Waals surface area (Å²) in [6.07, 6.45) is 0.219. The Morgan fingerprint density at radius 1 is 1.27 bits per heavy atom. The Morgan fingerprint density at radius 2 is 2.00 bits per heavy atom. The minimum atomic E-state index is -3.11. The molecule has 0 spiro atoms. The molecule has 0 aliphatic carbocycles. The number of carbonyl (C=O) groups is 2. The van der Waals surface area contributed by atoms with Gasteiger partial charge in [-0.25, -0.2) is 8.42 Å². The first-order valence-electron chi connectivity index (χ1n) is 8.01. The summed E-state index contributed by atoms with van der Waals surface area (Å²) in [5.74, 6) is -1.20. The first-order valence-corrected chi connectivity index (χ1v) is 11.8. The number of aliphatic imine (C=N–C) groups is 1. The maximum atomic E-state index is 12.1. The standard InChI is InChI=1S/C16H17IN2O5S2/c17-10-4-1-2-5-11(10)19-12-8-26(23,24)9-13(12)25-16(19)18-14(20)6-3-7-15(21)22/h1-2,4-5,12-13H,3,6-9H2,(H,21,22)/t12-,13-/m0/s1. The fourth-order valence-corrected chi connectivity index (χ4v) is 7.62. The summed E-state index contributed by atoms with van der Waals surface area (Å²) in [5.41, 5.74) is 0.835. The van der Waals surface area contributed by atoms with E-state index in [1.165, 1.54) is 11.8 Å². The topological polar surface area (TPSA) is 104 Å². The Kier molecular flexibility index (Phi) is 5.92. The molecule has 140 valence electrons. The van der Waals surface area contributed by atoms with Gasteiger partial charge in [-0.1, -0.05) is 23.9 Å². The number of hydrogen-bond donors (Lipinski definition) is 1. The highest BCUT2D eigenvalue weighted by molar-refractivity contribution is 14.1. The molecule has 0 bridgehead atoms. The van der Waals surface area contributed by atoms with E-state index < -0.39 is 15.8 Å². The first-order chi connectivity index (χ1) is 12.3. The minimum Gasteiger partial charge on any atom is -0.481 e. The molecule has 0 saturated carbocycles. The molecule has 0 radical (unpaired) electrons. The monoisotopic (exact) mass is 508 g/mol. The van der Waals surface area contributed by atoms with Gasteiger partial charge in [0.1, 0.15) is 0 Å². The van der Waals surface area contributed by atoms with Crippen molar-refractivity contribution in [1.29, 1.82) is 0 Å². The van der Waals surface area contributed by atoms with Crippen molar-refractivity contribution < 1.29 is 23.1 Å². The van der Waals surface area contributed by atoms with Crippen molar-refractivity contribution in [3.05, 3.63) is 27.8 Å². The lowest BCUT2D eigenvalue weighted by Crippen LogP contribution is -2.38. The van der Waals surface area contributed by atoms with E-state index in [4.69, 9.17) is 5.11 Å². The summed E-state index contributed by atoms with van der Waals surface area (Å²) in [4.78, 5) is 28.8. The van der Waals surface area contributed by atoms with Crippen LogP contribution in [-0.2, 0) is 19.4 Å². The second-order valence-electron chi connectivity index (χ2n) is 6.16. The lowest BCUT2D eigenvalue weighted by molar-refractivity contribution is -0.137. The van der Waals surface area contributed by atoms with Crippen LogP contribution in [-0.4, -0.2) is 53.4 Å². The summed E-state index contributed by atoms with van der Waals surface area (Å²) in [6, 6.07) is 7.33. The number of aliphatic carboxylic acids is 1. The number of rotatable bonds is 5. The van der Waals surface area contributed by atoms with Crippen molar-refractivity contribution in [2.75, 3.05) is 16.4 Å². The molecule has 26 heavy (non-hydrogen) atoms. The Morgan fingerprint density at radius 3 is 2.69 bits per heavy atom. The van der Waals surface area contributed by atoms with Crippen LogP contribution in [0.2, 0.25) is 0 Å². The Hall–Kier alpha value is -1.14. The number of carboxylic acids is 1. The minimum absolute atomic E-state index is 0.0435. The molecule has 7 nitrogen and oxygen atoms in total. The van der Waals surface area contributed by atoms with E-state index in [2.05, 4.69) is 27.6 Å². The van der Waals surface area contributed by atoms with Gasteiger partial charge in [0.05, 0.1) is 23.2 Å². The fraction of sp³-hybridized carbons (Fsp3) is 0.438. The second-order valence-corrected chi connectivity index (χ2v) is 10.7. The molecule has 10 heteroatoms. The van der Waals surface area contributed by atoms with E-state index in [9.17, 15) is 18.0 Å². The van der Waals surface area contributed by atoms with E-state index in [0.717, 1.165) is 9.26 Å². The number of fused-ring (bicyclic) bond motifs is 1. The average Bonchev–Trinajstić information content (AvgIpc) is 2.98. The van der Waals surface area contributed by atoms with E-state index in [-0.39, 0.29) is 48.0 Å². The zero-order chi connectivity index (χ0) is 18.9. The summed E-state index contributed by atoms with van der Waals surface area (Å²) < 4.78 is 25.0. The first kappa shape index (κ1) is 19.6. The average molecular weight is 508 g/mol. The predicted molar refractivity (Wildman–Crippen MR) is 109 cm³/mol. The van der Waals surface area contributed by atoms with Gasteiger partial charge in [0.25, 0.3) is 0 Å².